The Morgan fingerprint density at radius 2 is 1.86 bits per heavy atom. The fourth-order valence-corrected chi connectivity index (χ4v) is 3.54. The van der Waals surface area contributed by atoms with E-state index in [2.05, 4.69) is 34.2 Å². The van der Waals surface area contributed by atoms with Crippen molar-refractivity contribution in [2.75, 3.05) is 51.3 Å². The average Bonchev–Trinajstić information content (AvgIpc) is 2.94. The highest BCUT2D eigenvalue weighted by Gasteiger charge is 2.31. The second kappa shape index (κ2) is 6.24. The molecule has 21 heavy (non-hydrogen) atoms. The van der Waals surface area contributed by atoms with E-state index in [0.29, 0.717) is 5.54 Å². The van der Waals surface area contributed by atoms with Crippen molar-refractivity contribution in [1.29, 1.82) is 0 Å². The maximum atomic E-state index is 5.23. The van der Waals surface area contributed by atoms with Crippen molar-refractivity contribution < 1.29 is 4.74 Å². The van der Waals surface area contributed by atoms with Crippen LogP contribution in [0.25, 0.3) is 0 Å². The van der Waals surface area contributed by atoms with E-state index in [4.69, 9.17) is 4.74 Å². The summed E-state index contributed by atoms with van der Waals surface area (Å²) >= 11 is 0. The Kier molecular flexibility index (Phi) is 4.36. The molecule has 3 rings (SSSR count). The van der Waals surface area contributed by atoms with Crippen LogP contribution in [0, 0.1) is 0 Å². The number of nitrogens with zero attached hydrogens (tertiary/aromatic N) is 2. The van der Waals surface area contributed by atoms with Gasteiger partial charge in [0.25, 0.3) is 0 Å². The van der Waals surface area contributed by atoms with Gasteiger partial charge < -0.3 is 15.0 Å². The maximum absolute atomic E-state index is 5.23. The van der Waals surface area contributed by atoms with E-state index in [1.54, 1.807) is 7.11 Å². The van der Waals surface area contributed by atoms with E-state index in [9.17, 15) is 0 Å². The molecule has 0 aromatic heterocycles. The summed E-state index contributed by atoms with van der Waals surface area (Å²) in [5.74, 6) is 0.928. The quantitative estimate of drug-likeness (QED) is 0.917. The first kappa shape index (κ1) is 14.7. The molecule has 1 N–H and O–H groups in total. The van der Waals surface area contributed by atoms with Crippen molar-refractivity contribution in [1.82, 2.24) is 10.2 Å². The van der Waals surface area contributed by atoms with Crippen LogP contribution >= 0.6 is 0 Å². The highest BCUT2D eigenvalue weighted by Crippen LogP contribution is 2.23. The van der Waals surface area contributed by atoms with Gasteiger partial charge in [-0.05, 0) is 50.6 Å². The highest BCUT2D eigenvalue weighted by molar-refractivity contribution is 5.49. The van der Waals surface area contributed by atoms with Crippen LogP contribution in [0.15, 0.2) is 24.3 Å². The first-order chi connectivity index (χ1) is 10.2. The second-order valence-corrected chi connectivity index (χ2v) is 6.55. The van der Waals surface area contributed by atoms with E-state index in [0.717, 1.165) is 31.9 Å². The van der Waals surface area contributed by atoms with Gasteiger partial charge in [-0.2, -0.15) is 0 Å². The number of hydrogen-bond donors (Lipinski definition) is 1. The van der Waals surface area contributed by atoms with Crippen LogP contribution in [0.2, 0.25) is 0 Å². The van der Waals surface area contributed by atoms with Gasteiger partial charge in [0.05, 0.1) is 7.11 Å². The minimum absolute atomic E-state index is 0.336. The molecule has 0 aliphatic carbocycles. The molecule has 1 atom stereocenters. The molecular formula is C17H27N3O. The third-order valence-electron chi connectivity index (χ3n) is 4.84. The number of anilines is 1. The Hall–Kier alpha value is -1.26. The molecule has 1 aromatic rings. The Morgan fingerprint density at radius 3 is 2.43 bits per heavy atom. The molecule has 0 amide bonds. The fourth-order valence-electron chi connectivity index (χ4n) is 3.54. The van der Waals surface area contributed by atoms with Crippen LogP contribution in [0.4, 0.5) is 5.69 Å². The van der Waals surface area contributed by atoms with Gasteiger partial charge in [0, 0.05) is 44.0 Å². The van der Waals surface area contributed by atoms with Crippen molar-refractivity contribution in [3.05, 3.63) is 24.3 Å². The monoisotopic (exact) mass is 289 g/mol. The minimum atomic E-state index is 0.336. The SMILES string of the molecule is COc1ccc(N2CCN(CC3(C)CCCN3)CC2)cc1. The number of hydrogen-bond acceptors (Lipinski definition) is 4. The van der Waals surface area contributed by atoms with Crippen molar-refractivity contribution in [2.45, 2.75) is 25.3 Å². The summed E-state index contributed by atoms with van der Waals surface area (Å²) in [7, 11) is 1.71. The number of benzene rings is 1. The maximum Gasteiger partial charge on any atom is 0.119 e. The van der Waals surface area contributed by atoms with Crippen LogP contribution in [-0.4, -0.2) is 56.8 Å². The van der Waals surface area contributed by atoms with E-state index in [1.807, 2.05) is 12.1 Å². The minimum Gasteiger partial charge on any atom is -0.497 e. The van der Waals surface area contributed by atoms with Crippen LogP contribution in [0.3, 0.4) is 0 Å². The van der Waals surface area contributed by atoms with Gasteiger partial charge in [-0.1, -0.05) is 0 Å². The van der Waals surface area contributed by atoms with Crippen molar-refractivity contribution in [2.24, 2.45) is 0 Å². The fraction of sp³-hybridized carbons (Fsp3) is 0.647. The third-order valence-corrected chi connectivity index (χ3v) is 4.84. The summed E-state index contributed by atoms with van der Waals surface area (Å²) in [6.07, 6.45) is 2.63. The molecule has 2 aliphatic rings. The number of ether oxygens (including phenoxy) is 1. The Balaban J connectivity index is 1.52. The predicted octanol–water partition coefficient (Wildman–Crippen LogP) is 1.96. The van der Waals surface area contributed by atoms with Gasteiger partial charge in [-0.25, -0.2) is 0 Å². The van der Waals surface area contributed by atoms with Crippen LogP contribution in [0.1, 0.15) is 19.8 Å². The highest BCUT2D eigenvalue weighted by atomic mass is 16.5. The van der Waals surface area contributed by atoms with Gasteiger partial charge in [-0.3, -0.25) is 4.90 Å². The third kappa shape index (κ3) is 3.50. The van der Waals surface area contributed by atoms with Crippen LogP contribution in [0.5, 0.6) is 5.75 Å². The largest absolute Gasteiger partial charge is 0.497 e. The first-order valence-corrected chi connectivity index (χ1v) is 8.05. The zero-order chi connectivity index (χ0) is 14.7. The van der Waals surface area contributed by atoms with E-state index < -0.39 is 0 Å². The van der Waals surface area contributed by atoms with Crippen LogP contribution in [-0.2, 0) is 0 Å². The van der Waals surface area contributed by atoms with E-state index in [1.165, 1.54) is 31.6 Å². The summed E-state index contributed by atoms with van der Waals surface area (Å²) in [6, 6.07) is 8.42. The molecular weight excluding hydrogens is 262 g/mol. The number of piperazine rings is 1. The molecule has 2 saturated heterocycles. The molecule has 4 heteroatoms. The molecule has 116 valence electrons. The molecule has 0 radical (unpaired) electrons. The normalized spacial score (nSPS) is 27.0. The Morgan fingerprint density at radius 1 is 1.14 bits per heavy atom. The summed E-state index contributed by atoms with van der Waals surface area (Å²) < 4.78 is 5.23. The van der Waals surface area contributed by atoms with Crippen molar-refractivity contribution in [3.8, 4) is 5.75 Å². The lowest BCUT2D eigenvalue weighted by molar-refractivity contribution is 0.194. The summed E-state index contributed by atoms with van der Waals surface area (Å²) in [6.45, 7) is 9.28. The molecule has 2 aliphatic heterocycles. The molecule has 1 aromatic carbocycles. The van der Waals surface area contributed by atoms with E-state index >= 15 is 0 Å². The molecule has 0 bridgehead atoms. The zero-order valence-corrected chi connectivity index (χ0v) is 13.3. The van der Waals surface area contributed by atoms with Gasteiger partial charge in [0.1, 0.15) is 5.75 Å². The molecule has 4 nitrogen and oxygen atoms in total. The van der Waals surface area contributed by atoms with Crippen molar-refractivity contribution in [3.63, 3.8) is 0 Å². The first-order valence-electron chi connectivity index (χ1n) is 8.05. The van der Waals surface area contributed by atoms with Gasteiger partial charge >= 0.3 is 0 Å². The molecule has 0 spiro atoms. The summed E-state index contributed by atoms with van der Waals surface area (Å²) in [5.41, 5.74) is 1.64. The van der Waals surface area contributed by atoms with Crippen molar-refractivity contribution >= 4 is 5.69 Å². The Labute approximate surface area is 128 Å². The topological polar surface area (TPSA) is 27.7 Å². The van der Waals surface area contributed by atoms with E-state index in [-0.39, 0.29) is 0 Å². The number of rotatable bonds is 4. The molecule has 1 unspecified atom stereocenters. The van der Waals surface area contributed by atoms with Gasteiger partial charge in [0.15, 0.2) is 0 Å². The second-order valence-electron chi connectivity index (χ2n) is 6.55. The lowest BCUT2D eigenvalue weighted by Gasteiger charge is -2.40. The van der Waals surface area contributed by atoms with Gasteiger partial charge in [-0.15, -0.1) is 0 Å². The summed E-state index contributed by atoms with van der Waals surface area (Å²) in [4.78, 5) is 5.08. The Bertz CT molecular complexity index is 446. The smallest absolute Gasteiger partial charge is 0.119 e. The summed E-state index contributed by atoms with van der Waals surface area (Å²) in [5, 5.41) is 3.67. The molecule has 2 heterocycles. The lowest BCUT2D eigenvalue weighted by Crippen LogP contribution is -2.54. The van der Waals surface area contributed by atoms with Crippen LogP contribution < -0.4 is 15.0 Å². The standard InChI is InChI=1S/C17H27N3O/c1-17(8-3-9-18-17)14-19-10-12-20(13-11-19)15-4-6-16(21-2)7-5-15/h4-7,18H,3,8-14H2,1-2H3. The number of methoxy groups -OCH3 is 1. The average molecular weight is 289 g/mol. The number of nitrogens with one attached hydrogen (secondary N) is 1. The molecule has 0 saturated carbocycles. The lowest BCUT2D eigenvalue weighted by atomic mass is 9.99. The zero-order valence-electron chi connectivity index (χ0n) is 13.3. The predicted molar refractivity (Wildman–Crippen MR) is 87.3 cm³/mol. The molecule has 2 fully saturated rings. The van der Waals surface area contributed by atoms with Gasteiger partial charge in [0.2, 0.25) is 0 Å².